The molecule has 0 bridgehead atoms. The van der Waals surface area contributed by atoms with Crippen molar-refractivity contribution in [2.24, 2.45) is 4.99 Å². The number of carbonyl (C=O) groups excluding carboxylic acids is 2. The van der Waals surface area contributed by atoms with E-state index < -0.39 is 12.1 Å². The van der Waals surface area contributed by atoms with Crippen molar-refractivity contribution in [3.05, 3.63) is 93.5 Å². The van der Waals surface area contributed by atoms with Crippen LogP contribution in [0.3, 0.4) is 0 Å². The van der Waals surface area contributed by atoms with E-state index in [0.29, 0.717) is 29.0 Å². The number of hydrogen-bond donors (Lipinski definition) is 1. The van der Waals surface area contributed by atoms with Crippen LogP contribution in [0.25, 0.3) is 0 Å². The molecule has 1 radical (unpaired) electrons. The third kappa shape index (κ3) is 5.34. The molecule has 0 saturated carbocycles. The van der Waals surface area contributed by atoms with Gasteiger partial charge in [0, 0.05) is 0 Å². The topological polar surface area (TPSA) is 74.2 Å². The monoisotopic (exact) mass is 730 g/mol. The van der Waals surface area contributed by atoms with Crippen LogP contribution in [0, 0.1) is 0 Å². The number of methoxy groups -OCH3 is 1. The zero-order chi connectivity index (χ0) is 26.1. The minimum absolute atomic E-state index is 0.00555. The summed E-state index contributed by atoms with van der Waals surface area (Å²) in [6, 6.07) is 19.6. The van der Waals surface area contributed by atoms with E-state index in [1.165, 1.54) is 25.1 Å². The molecule has 1 saturated heterocycles. The van der Waals surface area contributed by atoms with Gasteiger partial charge in [0.25, 0.3) is 0 Å². The van der Waals surface area contributed by atoms with Gasteiger partial charge < -0.3 is 0 Å². The van der Waals surface area contributed by atoms with Gasteiger partial charge >= 0.3 is 242 Å². The molecule has 2 aliphatic heterocycles. The van der Waals surface area contributed by atoms with Crippen LogP contribution < -0.4 is 13.3 Å². The van der Waals surface area contributed by atoms with E-state index in [1.807, 2.05) is 66.7 Å². The van der Waals surface area contributed by atoms with Crippen LogP contribution in [0.2, 0.25) is 10.0 Å². The van der Waals surface area contributed by atoms with Gasteiger partial charge in [-0.2, -0.15) is 0 Å². The van der Waals surface area contributed by atoms with Crippen molar-refractivity contribution in [1.29, 1.82) is 0 Å². The molecule has 189 valence electrons. The van der Waals surface area contributed by atoms with E-state index >= 15 is 0 Å². The average molecular weight is 731 g/mol. The first kappa shape index (κ1) is 26.0. The number of hydrogen-bond acceptors (Lipinski definition) is 4. The predicted octanol–water partition coefficient (Wildman–Crippen LogP) is 3.89. The second-order valence-corrected chi connectivity index (χ2v) is 11.3. The molecule has 1 N–H and O–H groups in total. The molecule has 0 aromatic heterocycles. The molecular weight excluding hydrogens is 708 g/mol. The van der Waals surface area contributed by atoms with E-state index in [4.69, 9.17) is 32.9 Å². The van der Waals surface area contributed by atoms with Crippen LogP contribution in [0.1, 0.15) is 28.8 Å². The number of nitrogens with zero attached hydrogens (tertiary/aromatic N) is 3. The van der Waals surface area contributed by atoms with Crippen LogP contribution in [-0.2, 0) is 4.79 Å². The predicted molar refractivity (Wildman–Crippen MR) is 145 cm³/mol. The second-order valence-electron chi connectivity index (χ2n) is 8.73. The van der Waals surface area contributed by atoms with Gasteiger partial charge in [-0.1, -0.05) is 0 Å². The van der Waals surface area contributed by atoms with Crippen molar-refractivity contribution >= 4 is 69.3 Å². The molecule has 5 rings (SSSR count). The van der Waals surface area contributed by atoms with E-state index in [0.717, 1.165) is 25.7 Å². The van der Waals surface area contributed by atoms with Gasteiger partial charge in [-0.3, -0.25) is 0 Å². The fourth-order valence-corrected chi connectivity index (χ4v) is 5.95. The van der Waals surface area contributed by atoms with Gasteiger partial charge in [0.15, 0.2) is 0 Å². The summed E-state index contributed by atoms with van der Waals surface area (Å²) in [6.45, 7) is 0.817. The summed E-state index contributed by atoms with van der Waals surface area (Å²) >= 11 is 13.6. The Bertz CT molecular complexity index is 1370. The molecule has 3 aromatic rings. The van der Waals surface area contributed by atoms with Crippen LogP contribution in [0.5, 0.6) is 5.75 Å². The number of rotatable bonds is 4. The quantitative estimate of drug-likeness (QED) is 0.443. The second kappa shape index (κ2) is 11.0. The molecule has 3 amide bonds. The van der Waals surface area contributed by atoms with Gasteiger partial charge in [0.1, 0.15) is 0 Å². The summed E-state index contributed by atoms with van der Waals surface area (Å²) in [5.74, 6) is 1.12. The molecule has 0 unspecified atom stereocenters. The van der Waals surface area contributed by atoms with E-state index in [9.17, 15) is 9.59 Å². The Hall–Kier alpha value is -2.65. The van der Waals surface area contributed by atoms with Crippen molar-refractivity contribution in [3.63, 3.8) is 0 Å². The molecule has 2 aliphatic rings. The minimum atomic E-state index is -0.456. The number of ether oxygens (including phenoxy) is 1. The van der Waals surface area contributed by atoms with Crippen LogP contribution >= 0.6 is 23.2 Å². The number of carbonyl (C=O) groups is 2. The molecule has 37 heavy (non-hydrogen) atoms. The normalized spacial score (nSPS) is 19.4. The number of benzene rings is 3. The van der Waals surface area contributed by atoms with Gasteiger partial charge in [-0.15, -0.1) is 0 Å². The van der Waals surface area contributed by atoms with Crippen molar-refractivity contribution in [3.8, 4) is 5.75 Å². The van der Waals surface area contributed by atoms with Gasteiger partial charge in [-0.05, 0) is 0 Å². The molecule has 2 atom stereocenters. The molecule has 0 spiro atoms. The summed E-state index contributed by atoms with van der Waals surface area (Å²) < 4.78 is 6.41. The molecule has 1 fully saturated rings. The third-order valence-electron chi connectivity index (χ3n) is 6.43. The van der Waals surface area contributed by atoms with Crippen molar-refractivity contribution in [1.82, 2.24) is 15.1 Å². The summed E-state index contributed by atoms with van der Waals surface area (Å²) in [6.07, 6.45) is 0. The Labute approximate surface area is 240 Å². The standard InChI is InChI=1S/C27H23Cl2N4O3.Po/c1-36-22-12-6-19(7-13-22)26-31-24(17-2-8-20(28)9-3-17)25(18-4-10-21(29)11-5-18)33(26)27(35)32-15-14-30-23(34)16-32;/h2-6,8-13,24-25H,14-16H2,1H3,(H,30,34);/t24-,25+;/m0./s1. The van der Waals surface area contributed by atoms with Crippen LogP contribution in [0.4, 0.5) is 4.79 Å². The number of piperazine rings is 1. The Morgan fingerprint density at radius 1 is 1.03 bits per heavy atom. The first-order valence-corrected chi connectivity index (χ1v) is 14.0. The van der Waals surface area contributed by atoms with Gasteiger partial charge in [0.05, 0.1) is 0 Å². The number of urea groups is 1. The summed E-state index contributed by atoms with van der Waals surface area (Å²) in [7, 11) is 1.63. The first-order valence-electron chi connectivity index (χ1n) is 11.6. The maximum atomic E-state index is 14.2. The zero-order valence-corrected chi connectivity index (χ0v) is 24.5. The number of nitrogens with one attached hydrogen (secondary N) is 1. The fraction of sp³-hybridized carbons (Fsp3) is 0.222. The number of amidine groups is 1. The van der Waals surface area contributed by atoms with Gasteiger partial charge in [-0.25, -0.2) is 0 Å². The van der Waals surface area contributed by atoms with E-state index in [1.54, 1.807) is 16.9 Å². The van der Waals surface area contributed by atoms with Crippen molar-refractivity contribution in [2.75, 3.05) is 26.7 Å². The Kier molecular flexibility index (Phi) is 7.71. The van der Waals surface area contributed by atoms with Crippen LogP contribution in [0.15, 0.2) is 71.7 Å². The molecule has 2 heterocycles. The van der Waals surface area contributed by atoms with Gasteiger partial charge in [0.2, 0.25) is 0 Å². The Morgan fingerprint density at radius 2 is 1.68 bits per heavy atom. The van der Waals surface area contributed by atoms with E-state index in [2.05, 4.69) is 5.32 Å². The summed E-state index contributed by atoms with van der Waals surface area (Å²) in [5, 5.41) is 4.02. The van der Waals surface area contributed by atoms with Crippen molar-refractivity contribution in [2.45, 2.75) is 12.1 Å². The molecular formula is C27H23Cl2N4O3Po. The third-order valence-corrected chi connectivity index (χ3v) is 8.25. The number of amides is 3. The fourth-order valence-electron chi connectivity index (χ4n) is 4.62. The number of halogens is 2. The average Bonchev–Trinajstić information content (AvgIpc) is 3.29. The summed E-state index contributed by atoms with van der Waals surface area (Å²) in [5.41, 5.74) is 2.66. The molecule has 3 aromatic carbocycles. The summed E-state index contributed by atoms with van der Waals surface area (Å²) in [4.78, 5) is 34.8. The maximum absolute atomic E-state index is 14.2. The van der Waals surface area contributed by atoms with E-state index in [-0.39, 0.29) is 18.5 Å². The number of aliphatic imine (C=N–C) groups is 1. The SMILES string of the molecule is COc1ccc(C2=N[C@@H](c3ccc(Cl)cc3)[C@@H](c3ccc(Cl)cc3)N2C(=O)N2CCNC(=O)C2)[c]([Po])c1. The zero-order valence-electron chi connectivity index (χ0n) is 19.9. The van der Waals surface area contributed by atoms with Crippen molar-refractivity contribution < 1.29 is 14.3 Å². The Balaban J connectivity index is 1.68. The van der Waals surface area contributed by atoms with Crippen LogP contribution in [-0.4, -0.2) is 79.4 Å². The Morgan fingerprint density at radius 3 is 2.27 bits per heavy atom. The first-order chi connectivity index (χ1) is 17.9. The molecule has 7 nitrogen and oxygen atoms in total. The molecule has 0 aliphatic carbocycles. The molecule has 10 heteroatoms.